The summed E-state index contributed by atoms with van der Waals surface area (Å²) in [6, 6.07) is 8.20. The van der Waals surface area contributed by atoms with Crippen molar-refractivity contribution >= 4 is 10.8 Å². The summed E-state index contributed by atoms with van der Waals surface area (Å²) >= 11 is 0. The van der Waals surface area contributed by atoms with Crippen LogP contribution in [0.15, 0.2) is 47.7 Å². The van der Waals surface area contributed by atoms with E-state index in [9.17, 15) is 4.79 Å². The molecule has 0 aliphatic rings. The first-order valence-corrected chi connectivity index (χ1v) is 6.20. The lowest BCUT2D eigenvalue weighted by Crippen LogP contribution is -2.06. The molecule has 0 radical (unpaired) electrons. The van der Waals surface area contributed by atoms with E-state index in [4.69, 9.17) is 0 Å². The number of benzene rings is 1. The Kier molecular flexibility index (Phi) is 2.67. The molecule has 0 saturated heterocycles. The Morgan fingerprint density at radius 2 is 1.89 bits per heavy atom. The maximum Gasteiger partial charge on any atom is 0.257 e. The highest BCUT2D eigenvalue weighted by atomic mass is 16.1. The first-order valence-electron chi connectivity index (χ1n) is 6.20. The fourth-order valence-electron chi connectivity index (χ4n) is 2.25. The van der Waals surface area contributed by atoms with E-state index in [2.05, 4.69) is 42.0 Å². The zero-order valence-corrected chi connectivity index (χ0v) is 10.9. The number of aromatic amines is 1. The van der Waals surface area contributed by atoms with Crippen LogP contribution in [0.4, 0.5) is 0 Å². The van der Waals surface area contributed by atoms with E-state index in [1.807, 2.05) is 6.07 Å². The topological polar surface area (TPSA) is 45.8 Å². The van der Waals surface area contributed by atoms with Crippen LogP contribution in [-0.4, -0.2) is 9.97 Å². The fourth-order valence-corrected chi connectivity index (χ4v) is 2.25. The molecule has 0 atom stereocenters. The molecule has 0 spiro atoms. The number of aryl methyl sites for hydroxylation is 2. The molecule has 94 valence electrons. The molecule has 3 heteroatoms. The summed E-state index contributed by atoms with van der Waals surface area (Å²) in [4.78, 5) is 18.6. The van der Waals surface area contributed by atoms with E-state index in [0.29, 0.717) is 5.39 Å². The molecule has 3 aromatic rings. The quantitative estimate of drug-likeness (QED) is 0.720. The van der Waals surface area contributed by atoms with Crippen molar-refractivity contribution in [3.63, 3.8) is 0 Å². The predicted octanol–water partition coefficient (Wildman–Crippen LogP) is 3.21. The molecule has 1 N–H and O–H groups in total. The van der Waals surface area contributed by atoms with Crippen molar-refractivity contribution in [2.45, 2.75) is 13.8 Å². The lowest BCUT2D eigenvalue weighted by molar-refractivity contribution is 1.25. The van der Waals surface area contributed by atoms with Crippen LogP contribution < -0.4 is 5.56 Å². The number of nitrogens with zero attached hydrogens (tertiary/aromatic N) is 1. The number of rotatable bonds is 1. The molecule has 0 aliphatic carbocycles. The number of hydrogen-bond acceptors (Lipinski definition) is 2. The predicted molar refractivity (Wildman–Crippen MR) is 77.3 cm³/mol. The normalized spacial score (nSPS) is 10.8. The molecule has 19 heavy (non-hydrogen) atoms. The van der Waals surface area contributed by atoms with Crippen LogP contribution in [0.5, 0.6) is 0 Å². The number of hydrogen-bond donors (Lipinski definition) is 1. The van der Waals surface area contributed by atoms with Gasteiger partial charge in [-0.05, 0) is 42.0 Å². The van der Waals surface area contributed by atoms with Crippen LogP contribution in [0.3, 0.4) is 0 Å². The fraction of sp³-hybridized carbons (Fsp3) is 0.125. The summed E-state index contributed by atoms with van der Waals surface area (Å²) in [5.74, 6) is 0. The molecule has 0 saturated carbocycles. The second kappa shape index (κ2) is 4.35. The van der Waals surface area contributed by atoms with E-state index < -0.39 is 0 Å². The number of aromatic nitrogens is 2. The first kappa shape index (κ1) is 11.7. The molecule has 0 unspecified atom stereocenters. The van der Waals surface area contributed by atoms with E-state index in [1.54, 1.807) is 18.6 Å². The molecule has 3 rings (SSSR count). The second-order valence-electron chi connectivity index (χ2n) is 4.75. The highest BCUT2D eigenvalue weighted by Gasteiger charge is 2.07. The lowest BCUT2D eigenvalue weighted by atomic mass is 9.98. The molecule has 0 aliphatic heterocycles. The molecule has 0 amide bonds. The van der Waals surface area contributed by atoms with Crippen molar-refractivity contribution in [2.24, 2.45) is 0 Å². The summed E-state index contributed by atoms with van der Waals surface area (Å²) in [5, 5.41) is 1.56. The largest absolute Gasteiger partial charge is 0.328 e. The minimum absolute atomic E-state index is 0.101. The summed E-state index contributed by atoms with van der Waals surface area (Å²) < 4.78 is 0. The van der Waals surface area contributed by atoms with Crippen molar-refractivity contribution in [3.8, 4) is 11.1 Å². The van der Waals surface area contributed by atoms with E-state index in [-0.39, 0.29) is 5.56 Å². The van der Waals surface area contributed by atoms with Crippen LogP contribution in [-0.2, 0) is 0 Å². The monoisotopic (exact) mass is 250 g/mol. The Balaban J connectivity index is 2.34. The van der Waals surface area contributed by atoms with E-state index >= 15 is 0 Å². The van der Waals surface area contributed by atoms with Crippen molar-refractivity contribution in [1.29, 1.82) is 0 Å². The lowest BCUT2D eigenvalue weighted by Gasteiger charge is -2.08. The van der Waals surface area contributed by atoms with Gasteiger partial charge in [-0.25, -0.2) is 0 Å². The van der Waals surface area contributed by atoms with Gasteiger partial charge in [0.2, 0.25) is 0 Å². The van der Waals surface area contributed by atoms with E-state index in [0.717, 1.165) is 16.5 Å². The average Bonchev–Trinajstić information content (AvgIpc) is 2.43. The molecular weight excluding hydrogens is 236 g/mol. The zero-order valence-electron chi connectivity index (χ0n) is 10.9. The second-order valence-corrected chi connectivity index (χ2v) is 4.75. The summed E-state index contributed by atoms with van der Waals surface area (Å²) in [6.07, 6.45) is 5.10. The third-order valence-electron chi connectivity index (χ3n) is 3.52. The number of H-pyrrole nitrogens is 1. The van der Waals surface area contributed by atoms with Gasteiger partial charge in [-0.2, -0.15) is 0 Å². The average molecular weight is 250 g/mol. The van der Waals surface area contributed by atoms with Gasteiger partial charge in [0.25, 0.3) is 5.56 Å². The van der Waals surface area contributed by atoms with Gasteiger partial charge in [-0.1, -0.05) is 18.2 Å². The maximum atomic E-state index is 11.8. The highest BCUT2D eigenvalue weighted by molar-refractivity contribution is 5.95. The Hall–Kier alpha value is -2.42. The van der Waals surface area contributed by atoms with Crippen LogP contribution >= 0.6 is 0 Å². The zero-order chi connectivity index (χ0) is 13.4. The van der Waals surface area contributed by atoms with Gasteiger partial charge < -0.3 is 4.98 Å². The standard InChI is InChI=1S/C16H14N2O/c1-10-3-4-12(7-11(10)2)14-9-18-16(19)15-8-17-6-5-13(14)15/h3-9H,1-2H3,(H,18,19). The number of fused-ring (bicyclic) bond motifs is 1. The van der Waals surface area contributed by atoms with Crippen LogP contribution in [0.25, 0.3) is 21.9 Å². The van der Waals surface area contributed by atoms with Gasteiger partial charge >= 0.3 is 0 Å². The van der Waals surface area contributed by atoms with Crippen molar-refractivity contribution in [2.75, 3.05) is 0 Å². The smallest absolute Gasteiger partial charge is 0.257 e. The molecular formula is C16H14N2O. The molecule has 0 fully saturated rings. The molecule has 2 aromatic heterocycles. The van der Waals surface area contributed by atoms with Gasteiger partial charge in [0.15, 0.2) is 0 Å². The molecule has 2 heterocycles. The summed E-state index contributed by atoms with van der Waals surface area (Å²) in [6.45, 7) is 4.18. The van der Waals surface area contributed by atoms with Crippen LogP contribution in [0.1, 0.15) is 11.1 Å². The van der Waals surface area contributed by atoms with Gasteiger partial charge in [0.1, 0.15) is 0 Å². The summed E-state index contributed by atoms with van der Waals surface area (Å²) in [5.41, 5.74) is 4.54. The van der Waals surface area contributed by atoms with Crippen molar-refractivity contribution < 1.29 is 0 Å². The molecule has 1 aromatic carbocycles. The Bertz CT molecular complexity index is 818. The minimum Gasteiger partial charge on any atom is -0.328 e. The van der Waals surface area contributed by atoms with Gasteiger partial charge in [0, 0.05) is 24.2 Å². The van der Waals surface area contributed by atoms with E-state index in [1.165, 1.54) is 11.1 Å². The third kappa shape index (κ3) is 1.93. The molecule has 0 bridgehead atoms. The third-order valence-corrected chi connectivity index (χ3v) is 3.52. The Morgan fingerprint density at radius 3 is 2.68 bits per heavy atom. The Morgan fingerprint density at radius 1 is 1.05 bits per heavy atom. The summed E-state index contributed by atoms with van der Waals surface area (Å²) in [7, 11) is 0. The van der Waals surface area contributed by atoms with Gasteiger partial charge in [-0.15, -0.1) is 0 Å². The molecule has 3 nitrogen and oxygen atoms in total. The van der Waals surface area contributed by atoms with Crippen molar-refractivity contribution in [3.05, 3.63) is 64.3 Å². The first-order chi connectivity index (χ1) is 9.16. The van der Waals surface area contributed by atoms with Crippen LogP contribution in [0.2, 0.25) is 0 Å². The van der Waals surface area contributed by atoms with Gasteiger partial charge in [0.05, 0.1) is 5.39 Å². The van der Waals surface area contributed by atoms with Crippen LogP contribution in [0, 0.1) is 13.8 Å². The Labute approximate surface area is 111 Å². The minimum atomic E-state index is -0.101. The maximum absolute atomic E-state index is 11.8. The number of nitrogens with one attached hydrogen (secondary N) is 1. The number of pyridine rings is 2. The van der Waals surface area contributed by atoms with Crippen molar-refractivity contribution in [1.82, 2.24) is 9.97 Å². The highest BCUT2D eigenvalue weighted by Crippen LogP contribution is 2.27. The van der Waals surface area contributed by atoms with Gasteiger partial charge in [-0.3, -0.25) is 9.78 Å². The SMILES string of the molecule is Cc1ccc(-c2c[nH]c(=O)c3cnccc23)cc1C.